The van der Waals surface area contributed by atoms with E-state index in [9.17, 15) is 4.79 Å². The third kappa shape index (κ3) is 3.99. The van der Waals surface area contributed by atoms with Gasteiger partial charge in [-0.1, -0.05) is 30.3 Å². The van der Waals surface area contributed by atoms with Crippen LogP contribution in [0, 0.1) is 0 Å². The predicted molar refractivity (Wildman–Crippen MR) is 96.8 cm³/mol. The molecule has 0 amide bonds. The second-order valence-electron chi connectivity index (χ2n) is 6.02. The van der Waals surface area contributed by atoms with Gasteiger partial charge in [-0.15, -0.1) is 0 Å². The molecule has 0 saturated carbocycles. The summed E-state index contributed by atoms with van der Waals surface area (Å²) in [5.41, 5.74) is 3.35. The zero-order chi connectivity index (χ0) is 16.9. The Morgan fingerprint density at radius 1 is 1.38 bits per heavy atom. The van der Waals surface area contributed by atoms with Crippen LogP contribution in [-0.4, -0.2) is 51.9 Å². The molecule has 1 aromatic heterocycles. The molecule has 5 nitrogen and oxygen atoms in total. The second-order valence-corrected chi connectivity index (χ2v) is 7.17. The smallest absolute Gasteiger partial charge is 0.307 e. The third-order valence-electron chi connectivity index (χ3n) is 4.30. The quantitative estimate of drug-likeness (QED) is 0.780. The maximum absolute atomic E-state index is 11.7. The number of thioether (sulfide) groups is 1. The van der Waals surface area contributed by atoms with Gasteiger partial charge in [0.1, 0.15) is 0 Å². The van der Waals surface area contributed by atoms with Gasteiger partial charge in [0, 0.05) is 55.0 Å². The van der Waals surface area contributed by atoms with Crippen LogP contribution in [0.5, 0.6) is 0 Å². The molecule has 1 aromatic carbocycles. The molecule has 6 heteroatoms. The first-order valence-electron chi connectivity index (χ1n) is 8.14. The largest absolute Gasteiger partial charge is 0.469 e. The first-order valence-corrected chi connectivity index (χ1v) is 9.29. The van der Waals surface area contributed by atoms with Crippen LogP contribution in [0.1, 0.15) is 12.0 Å². The van der Waals surface area contributed by atoms with Crippen LogP contribution in [0.4, 0.5) is 0 Å². The van der Waals surface area contributed by atoms with E-state index in [1.807, 2.05) is 41.7 Å². The minimum absolute atomic E-state index is 0.137. The van der Waals surface area contributed by atoms with Crippen molar-refractivity contribution >= 4 is 17.7 Å². The van der Waals surface area contributed by atoms with Gasteiger partial charge in [0.25, 0.3) is 0 Å². The summed E-state index contributed by atoms with van der Waals surface area (Å²) in [6, 6.07) is 10.5. The predicted octanol–water partition coefficient (Wildman–Crippen LogP) is 2.57. The zero-order valence-corrected chi connectivity index (χ0v) is 15.0. The lowest BCUT2D eigenvalue weighted by Crippen LogP contribution is -2.43. The maximum Gasteiger partial charge on any atom is 0.307 e. The van der Waals surface area contributed by atoms with Gasteiger partial charge in [0.15, 0.2) is 0 Å². The summed E-state index contributed by atoms with van der Waals surface area (Å²) in [7, 11) is 3.41. The Labute approximate surface area is 147 Å². The van der Waals surface area contributed by atoms with Crippen molar-refractivity contribution in [3.8, 4) is 11.3 Å². The number of carbonyl (C=O) groups excluding carboxylic acids is 1. The third-order valence-corrected chi connectivity index (χ3v) is 5.40. The number of carbonyl (C=O) groups is 1. The van der Waals surface area contributed by atoms with E-state index in [1.54, 1.807) is 0 Å². The molecule has 2 heterocycles. The molecule has 3 rings (SSSR count). The summed E-state index contributed by atoms with van der Waals surface area (Å²) in [4.78, 5) is 14.1. The highest BCUT2D eigenvalue weighted by molar-refractivity contribution is 7.99. The fourth-order valence-electron chi connectivity index (χ4n) is 3.07. The molecule has 0 bridgehead atoms. The summed E-state index contributed by atoms with van der Waals surface area (Å²) < 4.78 is 6.72. The average molecular weight is 345 g/mol. The van der Waals surface area contributed by atoms with Crippen LogP contribution in [0.25, 0.3) is 11.3 Å². The van der Waals surface area contributed by atoms with Crippen molar-refractivity contribution in [2.24, 2.45) is 7.05 Å². The van der Waals surface area contributed by atoms with Gasteiger partial charge in [0.05, 0.1) is 19.2 Å². The lowest BCUT2D eigenvalue weighted by atomic mass is 10.1. The van der Waals surface area contributed by atoms with E-state index in [1.165, 1.54) is 12.7 Å². The van der Waals surface area contributed by atoms with Gasteiger partial charge in [-0.05, 0) is 0 Å². The van der Waals surface area contributed by atoms with Crippen molar-refractivity contribution < 1.29 is 9.53 Å². The maximum atomic E-state index is 11.7. The molecule has 2 aromatic rings. The zero-order valence-electron chi connectivity index (χ0n) is 14.1. The van der Waals surface area contributed by atoms with E-state index < -0.39 is 0 Å². The molecule has 128 valence electrons. The molecule has 1 atom stereocenters. The number of esters is 1. The van der Waals surface area contributed by atoms with Crippen molar-refractivity contribution in [1.82, 2.24) is 14.7 Å². The van der Waals surface area contributed by atoms with Crippen molar-refractivity contribution in [2.45, 2.75) is 19.0 Å². The number of rotatable bonds is 5. The number of aryl methyl sites for hydroxylation is 1. The topological polar surface area (TPSA) is 47.4 Å². The Bertz CT molecular complexity index is 687. The van der Waals surface area contributed by atoms with Crippen molar-refractivity contribution in [2.75, 3.05) is 25.2 Å². The van der Waals surface area contributed by atoms with E-state index in [2.05, 4.69) is 28.3 Å². The molecule has 1 saturated heterocycles. The number of ether oxygens (including phenoxy) is 1. The Hall–Kier alpha value is -1.79. The van der Waals surface area contributed by atoms with E-state index in [-0.39, 0.29) is 12.0 Å². The Morgan fingerprint density at radius 2 is 2.17 bits per heavy atom. The van der Waals surface area contributed by atoms with Crippen LogP contribution in [0.15, 0.2) is 36.5 Å². The van der Waals surface area contributed by atoms with Crippen LogP contribution in [0.2, 0.25) is 0 Å². The normalized spacial score (nSPS) is 18.5. The first-order chi connectivity index (χ1) is 11.7. The molecule has 24 heavy (non-hydrogen) atoms. The number of methoxy groups -OCH3 is 1. The van der Waals surface area contributed by atoms with E-state index in [4.69, 9.17) is 4.74 Å². The molecule has 0 N–H and O–H groups in total. The van der Waals surface area contributed by atoms with Crippen LogP contribution >= 0.6 is 11.8 Å². The molecular formula is C18H23N3O2S. The minimum atomic E-state index is -0.137. The van der Waals surface area contributed by atoms with Gasteiger partial charge in [-0.3, -0.25) is 14.4 Å². The van der Waals surface area contributed by atoms with Crippen LogP contribution in [-0.2, 0) is 23.1 Å². The number of nitrogens with zero attached hydrogens (tertiary/aromatic N) is 3. The number of benzene rings is 1. The molecular weight excluding hydrogens is 322 g/mol. The Kier molecular flexibility index (Phi) is 5.58. The lowest BCUT2D eigenvalue weighted by molar-refractivity contribution is -0.141. The minimum Gasteiger partial charge on any atom is -0.469 e. The van der Waals surface area contributed by atoms with Crippen LogP contribution < -0.4 is 0 Å². The summed E-state index contributed by atoms with van der Waals surface area (Å²) >= 11 is 1.91. The highest BCUT2D eigenvalue weighted by Gasteiger charge is 2.26. The van der Waals surface area contributed by atoms with Gasteiger partial charge in [0.2, 0.25) is 0 Å². The molecule has 1 unspecified atom stereocenters. The standard InChI is InChI=1S/C18H23N3O2S/c1-20-11-15(18(19-20)14-6-4-3-5-7-14)12-21-8-9-24-13-16(21)10-17(22)23-2/h3-7,11,16H,8-10,12-13H2,1-2H3. The van der Waals surface area contributed by atoms with E-state index in [0.29, 0.717) is 6.42 Å². The van der Waals surface area contributed by atoms with Crippen LogP contribution in [0.3, 0.4) is 0 Å². The second kappa shape index (κ2) is 7.85. The number of hydrogen-bond donors (Lipinski definition) is 0. The van der Waals surface area contributed by atoms with Gasteiger partial charge in [-0.2, -0.15) is 16.9 Å². The molecule has 0 aliphatic carbocycles. The molecule has 1 aliphatic rings. The number of hydrogen-bond acceptors (Lipinski definition) is 5. The highest BCUT2D eigenvalue weighted by Crippen LogP contribution is 2.26. The average Bonchev–Trinajstić information content (AvgIpc) is 2.97. The number of aromatic nitrogens is 2. The summed E-state index contributed by atoms with van der Waals surface area (Å²) in [5, 5.41) is 4.64. The molecule has 1 aliphatic heterocycles. The van der Waals surface area contributed by atoms with Crippen molar-refractivity contribution in [3.63, 3.8) is 0 Å². The van der Waals surface area contributed by atoms with Gasteiger partial charge < -0.3 is 4.74 Å². The van der Waals surface area contributed by atoms with Gasteiger partial charge in [-0.25, -0.2) is 0 Å². The van der Waals surface area contributed by atoms with E-state index >= 15 is 0 Å². The summed E-state index contributed by atoms with van der Waals surface area (Å²) in [6.07, 6.45) is 2.53. The fraction of sp³-hybridized carbons (Fsp3) is 0.444. The SMILES string of the molecule is COC(=O)CC1CSCCN1Cc1cn(C)nc1-c1ccccc1. The van der Waals surface area contributed by atoms with E-state index in [0.717, 1.165) is 35.9 Å². The lowest BCUT2D eigenvalue weighted by Gasteiger charge is -2.34. The van der Waals surface area contributed by atoms with Crippen molar-refractivity contribution in [1.29, 1.82) is 0 Å². The molecule has 0 radical (unpaired) electrons. The summed E-state index contributed by atoms with van der Waals surface area (Å²) in [6.45, 7) is 1.79. The fourth-order valence-corrected chi connectivity index (χ4v) is 4.20. The monoisotopic (exact) mass is 345 g/mol. The Morgan fingerprint density at radius 3 is 2.92 bits per heavy atom. The summed E-state index contributed by atoms with van der Waals surface area (Å²) in [5.74, 6) is 1.93. The Balaban J connectivity index is 1.80. The van der Waals surface area contributed by atoms with Gasteiger partial charge >= 0.3 is 5.97 Å². The van der Waals surface area contributed by atoms with Crippen molar-refractivity contribution in [3.05, 3.63) is 42.1 Å². The highest BCUT2D eigenvalue weighted by atomic mass is 32.2. The first kappa shape index (κ1) is 17.0. The molecule has 0 spiro atoms. The molecule has 1 fully saturated rings.